The summed E-state index contributed by atoms with van der Waals surface area (Å²) in [6, 6.07) is 4.17. The Hall–Kier alpha value is -2.28. The van der Waals surface area contributed by atoms with Gasteiger partial charge in [0.15, 0.2) is 6.61 Å². The summed E-state index contributed by atoms with van der Waals surface area (Å²) in [5.74, 6) is -0.550. The first-order valence-electron chi connectivity index (χ1n) is 8.86. The van der Waals surface area contributed by atoms with E-state index < -0.39 is 5.97 Å². The van der Waals surface area contributed by atoms with Gasteiger partial charge in [0.05, 0.1) is 12.1 Å². The number of piperidine rings is 1. The first-order valence-corrected chi connectivity index (χ1v) is 9.74. The molecule has 1 saturated heterocycles. The number of thiazole rings is 1. The molecule has 0 bridgehead atoms. The number of ether oxygens (including phenoxy) is 1. The highest BCUT2D eigenvalue weighted by Crippen LogP contribution is 2.24. The summed E-state index contributed by atoms with van der Waals surface area (Å²) in [5.41, 5.74) is 1.56. The molecule has 0 N–H and O–H groups in total. The second kappa shape index (κ2) is 8.40. The van der Waals surface area contributed by atoms with Gasteiger partial charge in [-0.05, 0) is 45.2 Å². The number of amides is 1. The zero-order valence-electron chi connectivity index (χ0n) is 15.1. The van der Waals surface area contributed by atoms with Crippen LogP contribution in [0.4, 0.5) is 0 Å². The van der Waals surface area contributed by atoms with Gasteiger partial charge in [0.2, 0.25) is 0 Å². The third kappa shape index (κ3) is 4.46. The summed E-state index contributed by atoms with van der Waals surface area (Å²) >= 11 is 1.46. The van der Waals surface area contributed by atoms with E-state index in [1.54, 1.807) is 12.4 Å². The van der Waals surface area contributed by atoms with Crippen LogP contribution in [0.1, 0.15) is 38.8 Å². The van der Waals surface area contributed by atoms with Crippen LogP contribution in [0.2, 0.25) is 0 Å². The molecule has 3 rings (SSSR count). The number of nitrogens with zero attached hydrogens (tertiary/aromatic N) is 3. The van der Waals surface area contributed by atoms with Gasteiger partial charge in [0, 0.05) is 35.4 Å². The van der Waals surface area contributed by atoms with Gasteiger partial charge in [-0.1, -0.05) is 0 Å². The standard InChI is InChI=1S/C19H23N3O3S/c1-13-5-3-6-14(2)22(13)17(23)11-25-18(24)9-16-12-26-19(21-16)15-7-4-8-20-10-15/h4,7-8,10,12-14H,3,5-6,9,11H2,1-2H3/t13-,14-/m1/s1. The van der Waals surface area contributed by atoms with Crippen molar-refractivity contribution in [1.29, 1.82) is 0 Å². The van der Waals surface area contributed by atoms with Gasteiger partial charge in [-0.15, -0.1) is 11.3 Å². The number of esters is 1. The topological polar surface area (TPSA) is 72.4 Å². The minimum atomic E-state index is -0.432. The summed E-state index contributed by atoms with van der Waals surface area (Å²) in [6.07, 6.45) is 6.64. The maximum atomic E-state index is 12.4. The number of aromatic nitrogens is 2. The van der Waals surface area contributed by atoms with E-state index >= 15 is 0 Å². The predicted molar refractivity (Wildman–Crippen MR) is 99.6 cm³/mol. The van der Waals surface area contributed by atoms with E-state index in [-0.39, 0.29) is 31.0 Å². The maximum absolute atomic E-state index is 12.4. The van der Waals surface area contributed by atoms with Crippen molar-refractivity contribution in [2.24, 2.45) is 0 Å². The summed E-state index contributed by atoms with van der Waals surface area (Å²) in [4.78, 5) is 34.8. The Balaban J connectivity index is 1.51. The lowest BCUT2D eigenvalue weighted by Gasteiger charge is -2.38. The second-order valence-electron chi connectivity index (χ2n) is 6.65. The third-order valence-electron chi connectivity index (χ3n) is 4.62. The van der Waals surface area contributed by atoms with Crippen molar-refractivity contribution in [1.82, 2.24) is 14.9 Å². The molecular weight excluding hydrogens is 350 g/mol. The number of carbonyl (C=O) groups is 2. The molecule has 2 atom stereocenters. The average Bonchev–Trinajstić information content (AvgIpc) is 3.09. The molecule has 0 aliphatic carbocycles. The smallest absolute Gasteiger partial charge is 0.312 e. The van der Waals surface area contributed by atoms with Crippen LogP contribution in [0.25, 0.3) is 10.6 Å². The second-order valence-corrected chi connectivity index (χ2v) is 7.51. The average molecular weight is 373 g/mol. The molecule has 0 saturated carbocycles. The fourth-order valence-corrected chi connectivity index (χ4v) is 4.15. The Morgan fingerprint density at radius 1 is 1.31 bits per heavy atom. The predicted octanol–water partition coefficient (Wildman–Crippen LogP) is 3.08. The number of hydrogen-bond donors (Lipinski definition) is 0. The molecule has 2 aromatic heterocycles. The summed E-state index contributed by atoms with van der Waals surface area (Å²) in [7, 11) is 0. The summed E-state index contributed by atoms with van der Waals surface area (Å²) in [5, 5.41) is 2.65. The molecule has 6 nitrogen and oxygen atoms in total. The van der Waals surface area contributed by atoms with E-state index in [2.05, 4.69) is 9.97 Å². The van der Waals surface area contributed by atoms with E-state index in [0.717, 1.165) is 29.8 Å². The van der Waals surface area contributed by atoms with Crippen LogP contribution in [-0.4, -0.2) is 45.4 Å². The van der Waals surface area contributed by atoms with Crippen LogP contribution in [0.5, 0.6) is 0 Å². The van der Waals surface area contributed by atoms with Gasteiger partial charge in [-0.25, -0.2) is 4.98 Å². The number of hydrogen-bond acceptors (Lipinski definition) is 6. The highest BCUT2D eigenvalue weighted by Gasteiger charge is 2.29. The first kappa shape index (κ1) is 18.5. The Bertz CT molecular complexity index is 752. The molecule has 7 heteroatoms. The quantitative estimate of drug-likeness (QED) is 0.753. The van der Waals surface area contributed by atoms with Crippen molar-refractivity contribution in [2.75, 3.05) is 6.61 Å². The summed E-state index contributed by atoms with van der Waals surface area (Å²) in [6.45, 7) is 3.89. The van der Waals surface area contributed by atoms with E-state index in [1.165, 1.54) is 11.3 Å². The van der Waals surface area contributed by atoms with Gasteiger partial charge < -0.3 is 9.64 Å². The molecule has 0 aromatic carbocycles. The molecule has 3 heterocycles. The van der Waals surface area contributed by atoms with Crippen molar-refractivity contribution in [2.45, 2.75) is 51.6 Å². The lowest BCUT2D eigenvalue weighted by atomic mass is 9.97. The summed E-state index contributed by atoms with van der Waals surface area (Å²) < 4.78 is 5.19. The van der Waals surface area contributed by atoms with Crippen molar-refractivity contribution >= 4 is 23.2 Å². The van der Waals surface area contributed by atoms with Crippen molar-refractivity contribution in [3.63, 3.8) is 0 Å². The van der Waals surface area contributed by atoms with Crippen LogP contribution in [0.15, 0.2) is 29.9 Å². The zero-order valence-corrected chi connectivity index (χ0v) is 15.9. The molecule has 0 spiro atoms. The minimum Gasteiger partial charge on any atom is -0.455 e. The van der Waals surface area contributed by atoms with Crippen LogP contribution in [-0.2, 0) is 20.7 Å². The van der Waals surface area contributed by atoms with E-state index in [9.17, 15) is 9.59 Å². The number of likely N-dealkylation sites (tertiary alicyclic amines) is 1. The maximum Gasteiger partial charge on any atom is 0.312 e. The highest BCUT2D eigenvalue weighted by atomic mass is 32.1. The fraction of sp³-hybridized carbons (Fsp3) is 0.474. The zero-order chi connectivity index (χ0) is 18.5. The number of rotatable bonds is 5. The third-order valence-corrected chi connectivity index (χ3v) is 5.56. The van der Waals surface area contributed by atoms with E-state index in [4.69, 9.17) is 4.74 Å². The Morgan fingerprint density at radius 2 is 2.08 bits per heavy atom. The monoisotopic (exact) mass is 373 g/mol. The van der Waals surface area contributed by atoms with Gasteiger partial charge in [0.25, 0.3) is 5.91 Å². The van der Waals surface area contributed by atoms with Gasteiger partial charge in [0.1, 0.15) is 5.01 Å². The van der Waals surface area contributed by atoms with Gasteiger partial charge in [-0.2, -0.15) is 0 Å². The molecule has 1 fully saturated rings. The lowest BCUT2D eigenvalue weighted by Crippen LogP contribution is -2.49. The van der Waals surface area contributed by atoms with E-state index in [1.807, 2.05) is 36.3 Å². The number of carbonyl (C=O) groups excluding carboxylic acids is 2. The normalized spacial score (nSPS) is 20.0. The molecular formula is C19H23N3O3S. The van der Waals surface area contributed by atoms with Crippen molar-refractivity contribution < 1.29 is 14.3 Å². The van der Waals surface area contributed by atoms with Gasteiger partial charge >= 0.3 is 5.97 Å². The lowest BCUT2D eigenvalue weighted by molar-refractivity contribution is -0.154. The molecule has 1 aliphatic heterocycles. The molecule has 26 heavy (non-hydrogen) atoms. The van der Waals surface area contributed by atoms with Crippen LogP contribution >= 0.6 is 11.3 Å². The molecule has 0 unspecified atom stereocenters. The molecule has 1 amide bonds. The first-order chi connectivity index (χ1) is 12.5. The Kier molecular flexibility index (Phi) is 5.98. The van der Waals surface area contributed by atoms with Gasteiger partial charge in [-0.3, -0.25) is 14.6 Å². The van der Waals surface area contributed by atoms with Crippen molar-refractivity contribution in [3.05, 3.63) is 35.6 Å². The SMILES string of the molecule is C[C@@H]1CCC[C@@H](C)N1C(=O)COC(=O)Cc1csc(-c2cccnc2)n1. The van der Waals surface area contributed by atoms with Crippen LogP contribution < -0.4 is 0 Å². The Morgan fingerprint density at radius 3 is 2.77 bits per heavy atom. The molecule has 0 radical (unpaired) electrons. The fourth-order valence-electron chi connectivity index (χ4n) is 3.34. The van der Waals surface area contributed by atoms with Crippen LogP contribution in [0, 0.1) is 0 Å². The van der Waals surface area contributed by atoms with Crippen molar-refractivity contribution in [3.8, 4) is 10.6 Å². The minimum absolute atomic E-state index is 0.0646. The Labute approximate surface area is 157 Å². The van der Waals surface area contributed by atoms with E-state index in [0.29, 0.717) is 5.69 Å². The molecule has 1 aliphatic rings. The number of pyridine rings is 1. The van der Waals surface area contributed by atoms with Crippen LogP contribution in [0.3, 0.4) is 0 Å². The largest absolute Gasteiger partial charge is 0.455 e. The molecule has 138 valence electrons. The highest BCUT2D eigenvalue weighted by molar-refractivity contribution is 7.13. The molecule has 2 aromatic rings.